The SMILES string of the molecule is CCCCCCCCCCCCCCCCCCCCCCCCCCCCCCC(=O)NC(CO)C(O)C(O)CCCCCCCCCCCC. The third-order valence-electron chi connectivity index (χ3n) is 11.5. The first-order valence-corrected chi connectivity index (χ1v) is 23.8. The highest BCUT2D eigenvalue weighted by atomic mass is 16.3. The van der Waals surface area contributed by atoms with Crippen LogP contribution in [0.5, 0.6) is 0 Å². The highest BCUT2D eigenvalue weighted by molar-refractivity contribution is 5.76. The van der Waals surface area contributed by atoms with E-state index >= 15 is 0 Å². The first kappa shape index (κ1) is 51.4. The number of amides is 1. The van der Waals surface area contributed by atoms with E-state index in [4.69, 9.17) is 0 Å². The number of aliphatic hydroxyl groups is 3. The Hall–Kier alpha value is -0.650. The molecule has 1 amide bonds. The van der Waals surface area contributed by atoms with Crippen LogP contribution in [0.1, 0.15) is 271 Å². The minimum Gasteiger partial charge on any atom is -0.394 e. The van der Waals surface area contributed by atoms with E-state index in [0.29, 0.717) is 12.8 Å². The summed E-state index contributed by atoms with van der Waals surface area (Å²) in [5.74, 6) is -0.140. The van der Waals surface area contributed by atoms with Crippen molar-refractivity contribution in [2.75, 3.05) is 6.61 Å². The zero-order valence-electron chi connectivity index (χ0n) is 35.5. The molecule has 0 aliphatic rings. The molecule has 0 bridgehead atoms. The minimum absolute atomic E-state index is 0.140. The average molecular weight is 738 g/mol. The van der Waals surface area contributed by atoms with Gasteiger partial charge in [-0.1, -0.05) is 251 Å². The van der Waals surface area contributed by atoms with E-state index in [1.54, 1.807) is 0 Å². The molecule has 0 aromatic rings. The Morgan fingerprint density at radius 3 is 0.923 bits per heavy atom. The van der Waals surface area contributed by atoms with Crippen LogP contribution in [0.3, 0.4) is 0 Å². The standard InChI is InChI=1S/C47H95NO4/c1-3-5-7-9-11-13-15-16-17-18-19-20-21-22-23-24-25-26-27-28-29-30-31-32-34-36-38-40-42-46(51)48-44(43-49)47(52)45(50)41-39-37-35-33-14-12-10-8-6-4-2/h44-45,47,49-50,52H,3-43H2,1-2H3,(H,48,51). The van der Waals surface area contributed by atoms with Gasteiger partial charge in [-0.05, 0) is 12.8 Å². The lowest BCUT2D eigenvalue weighted by atomic mass is 9.99. The third-order valence-corrected chi connectivity index (χ3v) is 11.5. The lowest BCUT2D eigenvalue weighted by Crippen LogP contribution is -2.50. The van der Waals surface area contributed by atoms with Crippen molar-refractivity contribution in [2.24, 2.45) is 0 Å². The Kier molecular flexibility index (Phi) is 42.5. The molecular formula is C47H95NO4. The van der Waals surface area contributed by atoms with Crippen LogP contribution in [0.25, 0.3) is 0 Å². The third kappa shape index (κ3) is 37.7. The van der Waals surface area contributed by atoms with Crippen LogP contribution in [-0.2, 0) is 4.79 Å². The molecule has 0 aliphatic heterocycles. The van der Waals surface area contributed by atoms with Crippen LogP contribution in [-0.4, -0.2) is 46.1 Å². The van der Waals surface area contributed by atoms with Gasteiger partial charge in [-0.3, -0.25) is 4.79 Å². The Balaban J connectivity index is 3.45. The molecule has 0 fully saturated rings. The first-order chi connectivity index (χ1) is 25.6. The first-order valence-electron chi connectivity index (χ1n) is 23.8. The summed E-state index contributed by atoms with van der Waals surface area (Å²) in [6.07, 6.45) is 49.6. The number of hydrogen-bond donors (Lipinski definition) is 4. The number of rotatable bonds is 44. The molecule has 0 heterocycles. The van der Waals surface area contributed by atoms with Gasteiger partial charge in [0.15, 0.2) is 0 Å². The van der Waals surface area contributed by atoms with E-state index in [2.05, 4.69) is 19.2 Å². The van der Waals surface area contributed by atoms with Crippen LogP contribution in [0.15, 0.2) is 0 Å². The number of carbonyl (C=O) groups is 1. The summed E-state index contributed by atoms with van der Waals surface area (Å²) in [5.41, 5.74) is 0. The van der Waals surface area contributed by atoms with Crippen molar-refractivity contribution in [2.45, 2.75) is 289 Å². The summed E-state index contributed by atoms with van der Waals surface area (Å²) >= 11 is 0. The fourth-order valence-electron chi connectivity index (χ4n) is 7.75. The molecule has 0 spiro atoms. The van der Waals surface area contributed by atoms with Crippen LogP contribution in [0, 0.1) is 0 Å². The molecule has 0 radical (unpaired) electrons. The van der Waals surface area contributed by atoms with Gasteiger partial charge in [0, 0.05) is 6.42 Å². The van der Waals surface area contributed by atoms with E-state index in [9.17, 15) is 20.1 Å². The van der Waals surface area contributed by atoms with Crippen LogP contribution < -0.4 is 5.32 Å². The molecule has 0 rings (SSSR count). The summed E-state index contributed by atoms with van der Waals surface area (Å²) in [5, 5.41) is 33.4. The maximum Gasteiger partial charge on any atom is 0.220 e. The zero-order chi connectivity index (χ0) is 38.0. The molecule has 0 saturated heterocycles. The maximum absolute atomic E-state index is 12.4. The zero-order valence-corrected chi connectivity index (χ0v) is 35.5. The Morgan fingerprint density at radius 2 is 0.654 bits per heavy atom. The van der Waals surface area contributed by atoms with Crippen LogP contribution >= 0.6 is 0 Å². The van der Waals surface area contributed by atoms with Gasteiger partial charge in [-0.25, -0.2) is 0 Å². The number of unbranched alkanes of at least 4 members (excludes halogenated alkanes) is 36. The number of aliphatic hydroxyl groups excluding tert-OH is 3. The summed E-state index contributed by atoms with van der Waals surface area (Å²) < 4.78 is 0. The van der Waals surface area contributed by atoms with Crippen molar-refractivity contribution in [3.05, 3.63) is 0 Å². The van der Waals surface area contributed by atoms with E-state index in [-0.39, 0.29) is 12.5 Å². The fraction of sp³-hybridized carbons (Fsp3) is 0.979. The van der Waals surface area contributed by atoms with E-state index in [1.807, 2.05) is 0 Å². The van der Waals surface area contributed by atoms with Crippen LogP contribution in [0.2, 0.25) is 0 Å². The molecule has 3 atom stereocenters. The molecule has 0 aromatic heterocycles. The van der Waals surface area contributed by atoms with Gasteiger partial charge in [-0.15, -0.1) is 0 Å². The monoisotopic (exact) mass is 738 g/mol. The quantitative estimate of drug-likeness (QED) is 0.0469. The summed E-state index contributed by atoms with van der Waals surface area (Å²) in [7, 11) is 0. The molecule has 0 aromatic carbocycles. The number of nitrogens with one attached hydrogen (secondary N) is 1. The molecule has 5 heteroatoms. The topological polar surface area (TPSA) is 89.8 Å². The van der Waals surface area contributed by atoms with Gasteiger partial charge >= 0.3 is 0 Å². The Bertz CT molecular complexity index is 688. The van der Waals surface area contributed by atoms with Crippen molar-refractivity contribution in [3.63, 3.8) is 0 Å². The highest BCUT2D eigenvalue weighted by Gasteiger charge is 2.26. The van der Waals surface area contributed by atoms with E-state index in [0.717, 1.165) is 38.5 Å². The molecular weight excluding hydrogens is 643 g/mol. The van der Waals surface area contributed by atoms with Crippen molar-refractivity contribution < 1.29 is 20.1 Å². The smallest absolute Gasteiger partial charge is 0.220 e. The van der Waals surface area contributed by atoms with Crippen molar-refractivity contribution >= 4 is 5.91 Å². The van der Waals surface area contributed by atoms with Gasteiger partial charge in [0.1, 0.15) is 6.10 Å². The summed E-state index contributed by atoms with van der Waals surface area (Å²) in [4.78, 5) is 12.4. The molecule has 5 nitrogen and oxygen atoms in total. The van der Waals surface area contributed by atoms with Crippen molar-refractivity contribution in [3.8, 4) is 0 Å². The average Bonchev–Trinajstić information content (AvgIpc) is 3.15. The largest absolute Gasteiger partial charge is 0.394 e. The second kappa shape index (κ2) is 43.1. The van der Waals surface area contributed by atoms with Crippen molar-refractivity contribution in [1.82, 2.24) is 5.32 Å². The summed E-state index contributed by atoms with van der Waals surface area (Å²) in [6.45, 7) is 4.18. The van der Waals surface area contributed by atoms with Crippen LogP contribution in [0.4, 0.5) is 0 Å². The Labute approximate surface area is 326 Å². The van der Waals surface area contributed by atoms with Gasteiger partial charge in [0.2, 0.25) is 5.91 Å². The number of hydrogen-bond acceptors (Lipinski definition) is 4. The molecule has 0 saturated carbocycles. The van der Waals surface area contributed by atoms with Gasteiger partial charge < -0.3 is 20.6 Å². The number of carbonyl (C=O) groups excluding carboxylic acids is 1. The molecule has 3 unspecified atom stereocenters. The molecule has 0 aliphatic carbocycles. The fourth-order valence-corrected chi connectivity index (χ4v) is 7.75. The Morgan fingerprint density at radius 1 is 0.404 bits per heavy atom. The predicted molar refractivity (Wildman–Crippen MR) is 227 cm³/mol. The molecule has 4 N–H and O–H groups in total. The van der Waals surface area contributed by atoms with Crippen molar-refractivity contribution in [1.29, 1.82) is 0 Å². The maximum atomic E-state index is 12.4. The molecule has 312 valence electrons. The van der Waals surface area contributed by atoms with E-state index < -0.39 is 18.2 Å². The predicted octanol–water partition coefficient (Wildman–Crippen LogP) is 13.8. The van der Waals surface area contributed by atoms with Gasteiger partial charge in [0.25, 0.3) is 0 Å². The van der Waals surface area contributed by atoms with E-state index in [1.165, 1.54) is 205 Å². The second-order valence-electron chi connectivity index (χ2n) is 16.7. The lowest BCUT2D eigenvalue weighted by molar-refractivity contribution is -0.124. The summed E-state index contributed by atoms with van der Waals surface area (Å²) in [6, 6.07) is -0.801. The molecule has 52 heavy (non-hydrogen) atoms. The van der Waals surface area contributed by atoms with Gasteiger partial charge in [0.05, 0.1) is 18.8 Å². The minimum atomic E-state index is -1.13. The second-order valence-corrected chi connectivity index (χ2v) is 16.7. The van der Waals surface area contributed by atoms with Gasteiger partial charge in [-0.2, -0.15) is 0 Å². The normalized spacial score (nSPS) is 13.4. The highest BCUT2D eigenvalue weighted by Crippen LogP contribution is 2.17. The lowest BCUT2D eigenvalue weighted by Gasteiger charge is -2.26.